The van der Waals surface area contributed by atoms with Crippen LogP contribution in [0.1, 0.15) is 37.2 Å². The van der Waals surface area contributed by atoms with Crippen molar-refractivity contribution in [2.45, 2.75) is 37.2 Å². The van der Waals surface area contributed by atoms with Crippen LogP contribution < -0.4 is 5.73 Å². The molecule has 0 aliphatic heterocycles. The third kappa shape index (κ3) is 4.19. The lowest BCUT2D eigenvalue weighted by atomic mass is 9.96. The van der Waals surface area contributed by atoms with Crippen LogP contribution in [0, 0.1) is 0 Å². The van der Waals surface area contributed by atoms with E-state index in [1.54, 1.807) is 0 Å². The average molecular weight is 291 g/mol. The first-order valence-electron chi connectivity index (χ1n) is 7.47. The smallest absolute Gasteiger partial charge is 0.147 e. The molecule has 1 aromatic carbocycles. The van der Waals surface area contributed by atoms with E-state index in [-0.39, 0.29) is 11.8 Å². The molecule has 4 N–H and O–H groups in total. The van der Waals surface area contributed by atoms with Gasteiger partial charge in [-0.2, -0.15) is 0 Å². The molecule has 5 heteroatoms. The molecular formula is C16H25N3O2. The van der Waals surface area contributed by atoms with Crippen LogP contribution in [0.4, 0.5) is 0 Å². The van der Waals surface area contributed by atoms with Crippen molar-refractivity contribution < 1.29 is 10.3 Å². The first kappa shape index (κ1) is 15.8. The van der Waals surface area contributed by atoms with E-state index in [4.69, 9.17) is 10.9 Å². The summed E-state index contributed by atoms with van der Waals surface area (Å²) in [4.78, 5) is 2.07. The second kappa shape index (κ2) is 6.91. The van der Waals surface area contributed by atoms with E-state index < -0.39 is 5.60 Å². The van der Waals surface area contributed by atoms with Crippen LogP contribution in [0.3, 0.4) is 0 Å². The van der Waals surface area contributed by atoms with Crippen molar-refractivity contribution in [2.24, 2.45) is 10.9 Å². The van der Waals surface area contributed by atoms with Crippen LogP contribution in [0.2, 0.25) is 0 Å². The highest BCUT2D eigenvalue weighted by atomic mass is 16.4. The summed E-state index contributed by atoms with van der Waals surface area (Å²) in [7, 11) is 1.97. The number of likely N-dealkylation sites (N-methyl/N-ethyl adjacent to an activating group) is 1. The van der Waals surface area contributed by atoms with Crippen LogP contribution in [0.25, 0.3) is 0 Å². The summed E-state index contributed by atoms with van der Waals surface area (Å²) in [6, 6.07) is 9.77. The lowest BCUT2D eigenvalue weighted by molar-refractivity contribution is 0.0161. The number of amidine groups is 1. The van der Waals surface area contributed by atoms with Crippen LogP contribution in [-0.2, 0) is 0 Å². The number of aliphatic hydroxyl groups is 1. The molecule has 1 atom stereocenters. The number of nitrogens with zero attached hydrogens (tertiary/aromatic N) is 2. The lowest BCUT2D eigenvalue weighted by Gasteiger charge is -2.31. The molecule has 1 aliphatic rings. The van der Waals surface area contributed by atoms with E-state index in [0.717, 1.165) is 31.2 Å². The minimum absolute atomic E-state index is 0.175. The van der Waals surface area contributed by atoms with Gasteiger partial charge < -0.3 is 20.9 Å². The minimum Gasteiger partial charge on any atom is -0.409 e. The molecule has 0 saturated heterocycles. The monoisotopic (exact) mass is 291 g/mol. The van der Waals surface area contributed by atoms with Gasteiger partial charge in [0.2, 0.25) is 0 Å². The van der Waals surface area contributed by atoms with Gasteiger partial charge in [0.1, 0.15) is 5.84 Å². The van der Waals surface area contributed by atoms with Crippen LogP contribution >= 0.6 is 0 Å². The Morgan fingerprint density at radius 2 is 1.95 bits per heavy atom. The molecule has 1 saturated carbocycles. The number of oxime groups is 1. The number of hydrogen-bond acceptors (Lipinski definition) is 4. The van der Waals surface area contributed by atoms with Crippen molar-refractivity contribution in [3.05, 3.63) is 35.9 Å². The molecule has 1 unspecified atom stereocenters. The summed E-state index contributed by atoms with van der Waals surface area (Å²) in [5.74, 6) is 0.0256. The van der Waals surface area contributed by atoms with Gasteiger partial charge in [0.15, 0.2) is 0 Å². The fraction of sp³-hybridized carbons (Fsp3) is 0.562. The molecule has 1 aliphatic carbocycles. The summed E-state index contributed by atoms with van der Waals surface area (Å²) in [6.07, 6.45) is 3.90. The van der Waals surface area contributed by atoms with Crippen molar-refractivity contribution in [1.29, 1.82) is 0 Å². The first-order valence-corrected chi connectivity index (χ1v) is 7.47. The van der Waals surface area contributed by atoms with Crippen LogP contribution in [0.15, 0.2) is 35.5 Å². The maximum Gasteiger partial charge on any atom is 0.147 e. The minimum atomic E-state index is -0.582. The van der Waals surface area contributed by atoms with Gasteiger partial charge in [-0.25, -0.2) is 0 Å². The van der Waals surface area contributed by atoms with E-state index >= 15 is 0 Å². The third-order valence-corrected chi connectivity index (χ3v) is 4.27. The average Bonchev–Trinajstić information content (AvgIpc) is 2.91. The van der Waals surface area contributed by atoms with Gasteiger partial charge in [0.05, 0.1) is 11.5 Å². The molecule has 0 aromatic heterocycles. The fourth-order valence-electron chi connectivity index (χ4n) is 3.19. The van der Waals surface area contributed by atoms with Gasteiger partial charge in [-0.15, -0.1) is 0 Å². The fourth-order valence-corrected chi connectivity index (χ4v) is 3.19. The molecule has 2 rings (SSSR count). The summed E-state index contributed by atoms with van der Waals surface area (Å²) in [5, 5.41) is 22.7. The predicted molar refractivity (Wildman–Crippen MR) is 83.5 cm³/mol. The van der Waals surface area contributed by atoms with E-state index in [0.29, 0.717) is 13.1 Å². The van der Waals surface area contributed by atoms with Gasteiger partial charge in [0.25, 0.3) is 0 Å². The first-order chi connectivity index (χ1) is 10.0. The summed E-state index contributed by atoms with van der Waals surface area (Å²) >= 11 is 0. The maximum atomic E-state index is 10.5. The number of hydrogen-bond donors (Lipinski definition) is 3. The van der Waals surface area contributed by atoms with Gasteiger partial charge in [-0.3, -0.25) is 0 Å². The zero-order chi connectivity index (χ0) is 15.3. The van der Waals surface area contributed by atoms with Crippen LogP contribution in [0.5, 0.6) is 0 Å². The Balaban J connectivity index is 2.05. The lowest BCUT2D eigenvalue weighted by Crippen LogP contribution is -2.42. The van der Waals surface area contributed by atoms with Crippen molar-refractivity contribution in [2.75, 3.05) is 20.1 Å². The van der Waals surface area contributed by atoms with Crippen LogP contribution in [-0.4, -0.2) is 46.8 Å². The van der Waals surface area contributed by atoms with E-state index in [9.17, 15) is 5.11 Å². The Bertz CT molecular complexity index is 470. The number of rotatable bonds is 6. The molecule has 0 bridgehead atoms. The summed E-state index contributed by atoms with van der Waals surface area (Å²) < 4.78 is 0. The second-order valence-corrected chi connectivity index (χ2v) is 6.12. The number of nitrogens with two attached hydrogens (primary N) is 1. The van der Waals surface area contributed by atoms with Crippen molar-refractivity contribution in [1.82, 2.24) is 4.90 Å². The molecule has 1 aromatic rings. The molecule has 0 amide bonds. The van der Waals surface area contributed by atoms with E-state index in [1.807, 2.05) is 37.4 Å². The molecule has 0 spiro atoms. The molecule has 116 valence electrons. The normalized spacial score (nSPS) is 19.9. The topological polar surface area (TPSA) is 82.1 Å². The Morgan fingerprint density at radius 1 is 1.33 bits per heavy atom. The van der Waals surface area contributed by atoms with Gasteiger partial charge >= 0.3 is 0 Å². The quantitative estimate of drug-likeness (QED) is 0.323. The predicted octanol–water partition coefficient (Wildman–Crippen LogP) is 1.75. The zero-order valence-electron chi connectivity index (χ0n) is 12.6. The SMILES string of the molecule is CN(CC(/C(N)=N/O)c1ccccc1)CC1(O)CCCC1. The Kier molecular flexibility index (Phi) is 5.20. The molecule has 0 heterocycles. The Labute approximate surface area is 126 Å². The summed E-state index contributed by atoms with van der Waals surface area (Å²) in [6.45, 7) is 1.23. The van der Waals surface area contributed by atoms with E-state index in [2.05, 4.69) is 10.1 Å². The molecule has 21 heavy (non-hydrogen) atoms. The zero-order valence-corrected chi connectivity index (χ0v) is 12.6. The molecule has 5 nitrogen and oxygen atoms in total. The van der Waals surface area contributed by atoms with Crippen molar-refractivity contribution >= 4 is 5.84 Å². The third-order valence-electron chi connectivity index (χ3n) is 4.27. The van der Waals surface area contributed by atoms with E-state index in [1.165, 1.54) is 0 Å². The Morgan fingerprint density at radius 3 is 2.52 bits per heavy atom. The maximum absolute atomic E-state index is 10.5. The van der Waals surface area contributed by atoms with Gasteiger partial charge in [0, 0.05) is 13.1 Å². The largest absolute Gasteiger partial charge is 0.409 e. The second-order valence-electron chi connectivity index (χ2n) is 6.12. The molecular weight excluding hydrogens is 266 g/mol. The molecule has 1 fully saturated rings. The summed E-state index contributed by atoms with van der Waals surface area (Å²) in [5.41, 5.74) is 6.28. The Hall–Kier alpha value is -1.59. The number of benzene rings is 1. The highest BCUT2D eigenvalue weighted by Crippen LogP contribution is 2.30. The molecule has 0 radical (unpaired) electrons. The van der Waals surface area contributed by atoms with Gasteiger partial charge in [-0.05, 0) is 25.5 Å². The van der Waals surface area contributed by atoms with Gasteiger partial charge in [-0.1, -0.05) is 48.3 Å². The standard InChI is InChI=1S/C16H25N3O2/c1-19(12-16(20)9-5-6-10-16)11-14(15(17)18-21)13-7-3-2-4-8-13/h2-4,7-8,14,20-21H,5-6,9-12H2,1H3,(H2,17,18). The highest BCUT2D eigenvalue weighted by Gasteiger charge is 2.33. The van der Waals surface area contributed by atoms with Crippen molar-refractivity contribution in [3.63, 3.8) is 0 Å². The van der Waals surface area contributed by atoms with Crippen molar-refractivity contribution in [3.8, 4) is 0 Å². The highest BCUT2D eigenvalue weighted by molar-refractivity contribution is 5.87.